The lowest BCUT2D eigenvalue weighted by atomic mass is 10.1. The Kier molecular flexibility index (Phi) is 10.2. The molecule has 120 valence electrons. The Hall–Kier alpha value is -0.200. The standard InChI is InChI=1S/C15H33N3O2/c1-15(13-16)14-18-6-3-5-17(7-8-18)9-12-20-11-4-10-19-2/h15H,3-14,16H2,1-2H3. The summed E-state index contributed by atoms with van der Waals surface area (Å²) in [7, 11) is 1.73. The molecule has 0 saturated carbocycles. The lowest BCUT2D eigenvalue weighted by molar-refractivity contribution is 0.0843. The molecule has 0 aromatic carbocycles. The van der Waals surface area contributed by atoms with E-state index in [9.17, 15) is 0 Å². The van der Waals surface area contributed by atoms with Gasteiger partial charge in [-0.1, -0.05) is 6.92 Å². The molecule has 0 aromatic heterocycles. The van der Waals surface area contributed by atoms with Crippen molar-refractivity contribution in [3.8, 4) is 0 Å². The van der Waals surface area contributed by atoms with E-state index in [-0.39, 0.29) is 0 Å². The van der Waals surface area contributed by atoms with E-state index in [4.69, 9.17) is 15.2 Å². The van der Waals surface area contributed by atoms with Crippen LogP contribution in [0, 0.1) is 5.92 Å². The first-order valence-corrected chi connectivity index (χ1v) is 7.97. The third kappa shape index (κ3) is 8.17. The topological polar surface area (TPSA) is 51.0 Å². The van der Waals surface area contributed by atoms with Gasteiger partial charge in [0.05, 0.1) is 6.61 Å². The highest BCUT2D eigenvalue weighted by atomic mass is 16.5. The fourth-order valence-corrected chi connectivity index (χ4v) is 2.55. The number of methoxy groups -OCH3 is 1. The van der Waals surface area contributed by atoms with Crippen molar-refractivity contribution in [2.24, 2.45) is 11.7 Å². The summed E-state index contributed by atoms with van der Waals surface area (Å²) >= 11 is 0. The fraction of sp³-hybridized carbons (Fsp3) is 1.00. The number of hydrogen-bond donors (Lipinski definition) is 1. The first-order chi connectivity index (χ1) is 9.76. The molecular weight excluding hydrogens is 254 g/mol. The molecule has 5 nitrogen and oxygen atoms in total. The molecular formula is C15H33N3O2. The fourth-order valence-electron chi connectivity index (χ4n) is 2.55. The highest BCUT2D eigenvalue weighted by molar-refractivity contribution is 4.71. The zero-order valence-corrected chi connectivity index (χ0v) is 13.4. The van der Waals surface area contributed by atoms with Crippen LogP contribution in [-0.2, 0) is 9.47 Å². The van der Waals surface area contributed by atoms with Crippen molar-refractivity contribution in [1.82, 2.24) is 9.80 Å². The molecule has 0 amide bonds. The summed E-state index contributed by atoms with van der Waals surface area (Å²) < 4.78 is 10.6. The molecule has 5 heteroatoms. The van der Waals surface area contributed by atoms with Crippen molar-refractivity contribution in [3.05, 3.63) is 0 Å². The van der Waals surface area contributed by atoms with E-state index in [1.54, 1.807) is 7.11 Å². The van der Waals surface area contributed by atoms with E-state index in [0.29, 0.717) is 5.92 Å². The Morgan fingerprint density at radius 3 is 2.55 bits per heavy atom. The van der Waals surface area contributed by atoms with Crippen molar-refractivity contribution in [2.75, 3.05) is 72.7 Å². The van der Waals surface area contributed by atoms with Crippen molar-refractivity contribution in [3.63, 3.8) is 0 Å². The minimum atomic E-state index is 0.602. The second-order valence-corrected chi connectivity index (χ2v) is 5.80. The summed E-state index contributed by atoms with van der Waals surface area (Å²) in [6.45, 7) is 12.3. The van der Waals surface area contributed by atoms with Crippen LogP contribution < -0.4 is 5.73 Å². The molecule has 0 spiro atoms. The molecule has 0 radical (unpaired) electrons. The summed E-state index contributed by atoms with van der Waals surface area (Å²) in [5.74, 6) is 0.602. The maximum Gasteiger partial charge on any atom is 0.0593 e. The summed E-state index contributed by atoms with van der Waals surface area (Å²) in [6.07, 6.45) is 2.24. The smallest absolute Gasteiger partial charge is 0.0593 e. The highest BCUT2D eigenvalue weighted by Crippen LogP contribution is 2.05. The van der Waals surface area contributed by atoms with Gasteiger partial charge in [-0.25, -0.2) is 0 Å². The second kappa shape index (κ2) is 11.5. The molecule has 1 aliphatic rings. The number of nitrogens with two attached hydrogens (primary N) is 1. The lowest BCUT2D eigenvalue weighted by Crippen LogP contribution is -2.36. The lowest BCUT2D eigenvalue weighted by Gasteiger charge is -2.24. The Bertz CT molecular complexity index is 229. The van der Waals surface area contributed by atoms with E-state index in [2.05, 4.69) is 16.7 Å². The van der Waals surface area contributed by atoms with Gasteiger partial charge < -0.3 is 20.1 Å². The van der Waals surface area contributed by atoms with E-state index in [1.165, 1.54) is 19.5 Å². The molecule has 0 aliphatic carbocycles. The predicted molar refractivity (Wildman–Crippen MR) is 83.0 cm³/mol. The molecule has 1 atom stereocenters. The number of hydrogen-bond acceptors (Lipinski definition) is 5. The van der Waals surface area contributed by atoms with Crippen LogP contribution in [0.4, 0.5) is 0 Å². The highest BCUT2D eigenvalue weighted by Gasteiger charge is 2.15. The normalized spacial score (nSPS) is 19.9. The monoisotopic (exact) mass is 287 g/mol. The minimum absolute atomic E-state index is 0.602. The summed E-state index contributed by atoms with van der Waals surface area (Å²) in [6, 6.07) is 0. The van der Waals surface area contributed by atoms with Gasteiger partial charge in [-0.3, -0.25) is 4.90 Å². The van der Waals surface area contributed by atoms with Gasteiger partial charge in [0.1, 0.15) is 0 Å². The molecule has 0 bridgehead atoms. The Balaban J connectivity index is 2.07. The van der Waals surface area contributed by atoms with Gasteiger partial charge in [-0.05, 0) is 38.4 Å². The van der Waals surface area contributed by atoms with E-state index >= 15 is 0 Å². The van der Waals surface area contributed by atoms with E-state index < -0.39 is 0 Å². The van der Waals surface area contributed by atoms with Crippen molar-refractivity contribution < 1.29 is 9.47 Å². The third-order valence-corrected chi connectivity index (χ3v) is 3.84. The van der Waals surface area contributed by atoms with E-state index in [1.807, 2.05) is 0 Å². The summed E-state index contributed by atoms with van der Waals surface area (Å²) in [5.41, 5.74) is 5.71. The van der Waals surface area contributed by atoms with Gasteiger partial charge in [-0.15, -0.1) is 0 Å². The van der Waals surface area contributed by atoms with Crippen molar-refractivity contribution in [2.45, 2.75) is 19.8 Å². The second-order valence-electron chi connectivity index (χ2n) is 5.80. The van der Waals surface area contributed by atoms with E-state index in [0.717, 1.165) is 59.0 Å². The maximum atomic E-state index is 5.71. The van der Waals surface area contributed by atoms with Crippen molar-refractivity contribution in [1.29, 1.82) is 0 Å². The number of rotatable bonds is 10. The average molecular weight is 287 g/mol. The summed E-state index contributed by atoms with van der Waals surface area (Å²) in [4.78, 5) is 5.07. The average Bonchev–Trinajstić information content (AvgIpc) is 2.68. The van der Waals surface area contributed by atoms with Gasteiger partial charge >= 0.3 is 0 Å². The Morgan fingerprint density at radius 2 is 1.80 bits per heavy atom. The van der Waals surface area contributed by atoms with Crippen LogP contribution in [0.1, 0.15) is 19.8 Å². The van der Waals surface area contributed by atoms with Crippen LogP contribution in [0.3, 0.4) is 0 Å². The third-order valence-electron chi connectivity index (χ3n) is 3.84. The quantitative estimate of drug-likeness (QED) is 0.598. The zero-order chi connectivity index (χ0) is 14.6. The van der Waals surface area contributed by atoms with Crippen LogP contribution in [-0.4, -0.2) is 82.5 Å². The number of ether oxygens (including phenoxy) is 2. The molecule has 2 N–H and O–H groups in total. The maximum absolute atomic E-state index is 5.71. The molecule has 0 aromatic rings. The summed E-state index contributed by atoms with van der Waals surface area (Å²) in [5, 5.41) is 0. The van der Waals surface area contributed by atoms with Gasteiger partial charge in [0.25, 0.3) is 0 Å². The van der Waals surface area contributed by atoms with Gasteiger partial charge in [0, 0.05) is 46.5 Å². The number of nitrogens with zero attached hydrogens (tertiary/aromatic N) is 2. The Labute approximate surface area is 124 Å². The predicted octanol–water partition coefficient (Wildman–Crippen LogP) is 0.642. The first-order valence-electron chi connectivity index (χ1n) is 7.97. The van der Waals surface area contributed by atoms with Crippen LogP contribution >= 0.6 is 0 Å². The minimum Gasteiger partial charge on any atom is -0.385 e. The first kappa shape index (κ1) is 17.9. The largest absolute Gasteiger partial charge is 0.385 e. The zero-order valence-electron chi connectivity index (χ0n) is 13.4. The van der Waals surface area contributed by atoms with Crippen LogP contribution in [0.25, 0.3) is 0 Å². The molecule has 1 heterocycles. The van der Waals surface area contributed by atoms with Gasteiger partial charge in [0.2, 0.25) is 0 Å². The van der Waals surface area contributed by atoms with Crippen molar-refractivity contribution >= 4 is 0 Å². The molecule has 1 rings (SSSR count). The van der Waals surface area contributed by atoms with Crippen LogP contribution in [0.5, 0.6) is 0 Å². The molecule has 1 saturated heterocycles. The molecule has 1 unspecified atom stereocenters. The molecule has 1 aliphatic heterocycles. The van der Waals surface area contributed by atoms with Gasteiger partial charge in [-0.2, -0.15) is 0 Å². The SMILES string of the molecule is COCCCOCCN1CCCN(CC(C)CN)CC1. The van der Waals surface area contributed by atoms with Gasteiger partial charge in [0.15, 0.2) is 0 Å². The van der Waals surface area contributed by atoms with Crippen LogP contribution in [0.15, 0.2) is 0 Å². The Morgan fingerprint density at radius 1 is 1.05 bits per heavy atom. The molecule has 20 heavy (non-hydrogen) atoms. The molecule has 1 fully saturated rings. The van der Waals surface area contributed by atoms with Crippen LogP contribution in [0.2, 0.25) is 0 Å².